The topological polar surface area (TPSA) is 61.8 Å². The zero-order chi connectivity index (χ0) is 17.0. The molecule has 1 heterocycles. The summed E-state index contributed by atoms with van der Waals surface area (Å²) in [5.74, 6) is 1.09. The zero-order valence-electron chi connectivity index (χ0n) is 14.5. The normalized spacial score (nSPS) is 26.6. The Morgan fingerprint density at radius 3 is 3.04 bits per heavy atom. The largest absolute Gasteiger partial charge is 0.496 e. The molecule has 2 atom stereocenters. The number of nitrogens with one attached hydrogen (secondary N) is 1. The van der Waals surface area contributed by atoms with Crippen molar-refractivity contribution in [2.24, 2.45) is 5.92 Å². The summed E-state index contributed by atoms with van der Waals surface area (Å²) in [4.78, 5) is 14.3. The summed E-state index contributed by atoms with van der Waals surface area (Å²) in [7, 11) is 1.66. The molecule has 0 aromatic heterocycles. The van der Waals surface area contributed by atoms with Crippen LogP contribution < -0.4 is 10.1 Å². The number of ether oxygens (including phenoxy) is 1. The van der Waals surface area contributed by atoms with E-state index in [1.54, 1.807) is 7.11 Å². The van der Waals surface area contributed by atoms with Crippen LogP contribution in [0.25, 0.3) is 0 Å². The Hall–Kier alpha value is -1.75. The number of carbonyl (C=O) groups is 1. The van der Waals surface area contributed by atoms with Crippen molar-refractivity contribution in [2.45, 2.75) is 44.1 Å². The first-order valence-electron chi connectivity index (χ1n) is 8.99. The molecule has 1 saturated carbocycles. The molecule has 2 fully saturated rings. The molecule has 1 aromatic rings. The van der Waals surface area contributed by atoms with Crippen LogP contribution in [0.4, 0.5) is 4.79 Å². The van der Waals surface area contributed by atoms with Gasteiger partial charge in [-0.3, -0.25) is 0 Å². The number of piperidine rings is 1. The van der Waals surface area contributed by atoms with E-state index in [2.05, 4.69) is 5.32 Å². The van der Waals surface area contributed by atoms with Gasteiger partial charge in [0.25, 0.3) is 0 Å². The fraction of sp³-hybridized carbons (Fsp3) is 0.632. The smallest absolute Gasteiger partial charge is 0.317 e. The molecule has 132 valence electrons. The van der Waals surface area contributed by atoms with Gasteiger partial charge in [0.2, 0.25) is 0 Å². The Bertz CT molecular complexity index is 577. The molecule has 1 aromatic carbocycles. The second-order valence-electron chi connectivity index (χ2n) is 7.04. The Balaban J connectivity index is 1.49. The van der Waals surface area contributed by atoms with Gasteiger partial charge in [0, 0.05) is 25.6 Å². The molecule has 0 unspecified atom stereocenters. The van der Waals surface area contributed by atoms with Crippen molar-refractivity contribution in [3.8, 4) is 5.75 Å². The van der Waals surface area contributed by atoms with Crippen molar-refractivity contribution in [3.05, 3.63) is 29.8 Å². The Kier molecular flexibility index (Phi) is 5.29. The Morgan fingerprint density at radius 1 is 1.38 bits per heavy atom. The number of fused-ring (bicyclic) bond motifs is 1. The van der Waals surface area contributed by atoms with Crippen LogP contribution in [0.15, 0.2) is 24.3 Å². The minimum absolute atomic E-state index is 0.0162. The Labute approximate surface area is 144 Å². The number of aliphatic hydroxyl groups is 1. The van der Waals surface area contributed by atoms with E-state index in [0.29, 0.717) is 26.1 Å². The molecule has 1 aliphatic heterocycles. The summed E-state index contributed by atoms with van der Waals surface area (Å²) < 4.78 is 5.34. The highest BCUT2D eigenvalue weighted by molar-refractivity contribution is 5.74. The van der Waals surface area contributed by atoms with Crippen molar-refractivity contribution in [2.75, 3.05) is 26.7 Å². The van der Waals surface area contributed by atoms with Crippen LogP contribution >= 0.6 is 0 Å². The predicted molar refractivity (Wildman–Crippen MR) is 93.2 cm³/mol. The molecule has 2 N–H and O–H groups in total. The molecule has 0 radical (unpaired) electrons. The molecule has 1 saturated heterocycles. The molecular formula is C19H28N2O3. The number of urea groups is 1. The van der Waals surface area contributed by atoms with Crippen LogP contribution in [-0.4, -0.2) is 48.4 Å². The first kappa shape index (κ1) is 17.1. The number of hydrogen-bond acceptors (Lipinski definition) is 3. The first-order valence-corrected chi connectivity index (χ1v) is 8.99. The lowest BCUT2D eigenvalue weighted by Crippen LogP contribution is -2.56. The van der Waals surface area contributed by atoms with Crippen molar-refractivity contribution in [3.63, 3.8) is 0 Å². The highest BCUT2D eigenvalue weighted by Gasteiger charge is 2.43. The number of para-hydroxylation sites is 1. The van der Waals surface area contributed by atoms with Crippen LogP contribution in [0.5, 0.6) is 5.75 Å². The number of rotatable bonds is 4. The first-order chi connectivity index (χ1) is 11.6. The Morgan fingerprint density at radius 2 is 2.21 bits per heavy atom. The van der Waals surface area contributed by atoms with Crippen LogP contribution in [0, 0.1) is 5.92 Å². The highest BCUT2D eigenvalue weighted by atomic mass is 16.5. The van der Waals surface area contributed by atoms with Gasteiger partial charge in [-0.05, 0) is 37.3 Å². The summed E-state index contributed by atoms with van der Waals surface area (Å²) in [5.41, 5.74) is 0.562. The molecule has 1 aliphatic carbocycles. The van der Waals surface area contributed by atoms with E-state index in [0.717, 1.165) is 43.4 Å². The average Bonchev–Trinajstić information content (AvgIpc) is 2.61. The second-order valence-corrected chi connectivity index (χ2v) is 7.04. The molecular weight excluding hydrogens is 304 g/mol. The maximum Gasteiger partial charge on any atom is 0.317 e. The van der Waals surface area contributed by atoms with Gasteiger partial charge in [0.15, 0.2) is 0 Å². The number of likely N-dealkylation sites (tertiary alicyclic amines) is 1. The van der Waals surface area contributed by atoms with Gasteiger partial charge in [-0.2, -0.15) is 0 Å². The van der Waals surface area contributed by atoms with E-state index in [9.17, 15) is 9.90 Å². The summed E-state index contributed by atoms with van der Waals surface area (Å²) in [6, 6.07) is 7.87. The monoisotopic (exact) mass is 332 g/mol. The number of carbonyl (C=O) groups excluding carboxylic acids is 1. The predicted octanol–water partition coefficient (Wildman–Crippen LogP) is 2.57. The van der Waals surface area contributed by atoms with Crippen molar-refractivity contribution in [1.29, 1.82) is 0 Å². The van der Waals surface area contributed by atoms with E-state index in [4.69, 9.17) is 4.74 Å². The number of hydrogen-bond donors (Lipinski definition) is 2. The molecule has 24 heavy (non-hydrogen) atoms. The van der Waals surface area contributed by atoms with E-state index >= 15 is 0 Å². The maximum absolute atomic E-state index is 12.4. The number of nitrogens with zero attached hydrogens (tertiary/aromatic N) is 1. The average molecular weight is 332 g/mol. The van der Waals surface area contributed by atoms with Gasteiger partial charge in [0.05, 0.1) is 12.7 Å². The number of benzene rings is 1. The standard InChI is InChI=1S/C19H28N2O3/c1-24-17-8-3-2-6-15(17)9-12-20-18(22)21-13-11-19(23)10-5-4-7-16(19)14-21/h2-3,6,8,16,23H,4-5,7,9-14H2,1H3,(H,20,22)/t16-,19-/m0/s1. The van der Waals surface area contributed by atoms with E-state index < -0.39 is 5.60 Å². The molecule has 2 amide bonds. The third-order valence-corrected chi connectivity index (χ3v) is 5.58. The highest BCUT2D eigenvalue weighted by Crippen LogP contribution is 2.39. The van der Waals surface area contributed by atoms with Crippen molar-refractivity contribution >= 4 is 6.03 Å². The molecule has 5 nitrogen and oxygen atoms in total. The summed E-state index contributed by atoms with van der Waals surface area (Å²) >= 11 is 0. The van der Waals surface area contributed by atoms with Gasteiger partial charge >= 0.3 is 6.03 Å². The van der Waals surface area contributed by atoms with Gasteiger partial charge in [-0.1, -0.05) is 31.0 Å². The summed E-state index contributed by atoms with van der Waals surface area (Å²) in [6.07, 6.45) is 5.64. The molecule has 2 aliphatic rings. The maximum atomic E-state index is 12.4. The molecule has 5 heteroatoms. The lowest BCUT2D eigenvalue weighted by molar-refractivity contribution is -0.0870. The number of methoxy groups -OCH3 is 1. The zero-order valence-corrected chi connectivity index (χ0v) is 14.5. The lowest BCUT2D eigenvalue weighted by atomic mass is 9.71. The second kappa shape index (κ2) is 7.43. The SMILES string of the molecule is COc1ccccc1CCNC(=O)N1CC[C@@]2(O)CCCC[C@H]2C1. The quantitative estimate of drug-likeness (QED) is 0.891. The van der Waals surface area contributed by atoms with E-state index in [1.807, 2.05) is 29.2 Å². The summed E-state index contributed by atoms with van der Waals surface area (Å²) in [5, 5.41) is 13.7. The molecule has 3 rings (SSSR count). The molecule has 0 bridgehead atoms. The number of amides is 2. The van der Waals surface area contributed by atoms with Crippen LogP contribution in [0.2, 0.25) is 0 Å². The third kappa shape index (κ3) is 3.66. The van der Waals surface area contributed by atoms with Crippen LogP contribution in [0.1, 0.15) is 37.7 Å². The van der Waals surface area contributed by atoms with Gasteiger partial charge in [-0.25, -0.2) is 4.79 Å². The minimum atomic E-state index is -0.535. The summed E-state index contributed by atoms with van der Waals surface area (Å²) in [6.45, 7) is 1.91. The van der Waals surface area contributed by atoms with E-state index in [1.165, 1.54) is 0 Å². The molecule has 0 spiro atoms. The van der Waals surface area contributed by atoms with Gasteiger partial charge in [0.1, 0.15) is 5.75 Å². The van der Waals surface area contributed by atoms with Gasteiger partial charge < -0.3 is 20.1 Å². The van der Waals surface area contributed by atoms with Gasteiger partial charge in [-0.15, -0.1) is 0 Å². The van der Waals surface area contributed by atoms with E-state index in [-0.39, 0.29) is 11.9 Å². The van der Waals surface area contributed by atoms with Crippen LogP contribution in [0.3, 0.4) is 0 Å². The third-order valence-electron chi connectivity index (χ3n) is 5.58. The fourth-order valence-corrected chi connectivity index (χ4v) is 4.08. The van der Waals surface area contributed by atoms with Crippen LogP contribution in [-0.2, 0) is 6.42 Å². The fourth-order valence-electron chi connectivity index (χ4n) is 4.08. The van der Waals surface area contributed by atoms with Crippen molar-refractivity contribution in [1.82, 2.24) is 10.2 Å². The lowest BCUT2D eigenvalue weighted by Gasteiger charge is -2.47. The van der Waals surface area contributed by atoms with Crippen molar-refractivity contribution < 1.29 is 14.6 Å². The minimum Gasteiger partial charge on any atom is -0.496 e.